The van der Waals surface area contributed by atoms with E-state index in [0.29, 0.717) is 17.8 Å². The molecule has 0 aliphatic carbocycles. The molecule has 0 aliphatic rings. The van der Waals surface area contributed by atoms with Crippen LogP contribution in [-0.4, -0.2) is 10.9 Å². The number of hydrogen-bond donors (Lipinski definition) is 2. The van der Waals surface area contributed by atoms with Crippen molar-refractivity contribution in [1.29, 1.82) is 0 Å². The van der Waals surface area contributed by atoms with Crippen molar-refractivity contribution >= 4 is 38.2 Å². The van der Waals surface area contributed by atoms with Crippen LogP contribution in [-0.2, 0) is 6.54 Å². The van der Waals surface area contributed by atoms with Gasteiger partial charge in [-0.15, -0.1) is 11.3 Å². The minimum atomic E-state index is -0.156. The Labute approximate surface area is 111 Å². The van der Waals surface area contributed by atoms with Crippen molar-refractivity contribution in [2.24, 2.45) is 5.73 Å². The van der Waals surface area contributed by atoms with Crippen LogP contribution >= 0.6 is 27.3 Å². The van der Waals surface area contributed by atoms with Crippen molar-refractivity contribution < 1.29 is 4.79 Å². The standard InChI is InChI=1S/C11H10BrN3OS/c12-8-4-10(17-6-8)15-11(16)7-1-2-14-9(3-7)5-13/h1-4,6H,5,13H2,(H,15,16). The van der Waals surface area contributed by atoms with Gasteiger partial charge in [-0.2, -0.15) is 0 Å². The molecular formula is C11H10BrN3OS. The maximum atomic E-state index is 11.9. The molecular weight excluding hydrogens is 302 g/mol. The van der Waals surface area contributed by atoms with Gasteiger partial charge in [0.2, 0.25) is 0 Å². The van der Waals surface area contributed by atoms with Gasteiger partial charge in [0.1, 0.15) is 0 Å². The van der Waals surface area contributed by atoms with E-state index in [1.165, 1.54) is 11.3 Å². The molecule has 0 saturated carbocycles. The van der Waals surface area contributed by atoms with E-state index in [1.807, 2.05) is 11.4 Å². The van der Waals surface area contributed by atoms with Gasteiger partial charge in [-0.05, 0) is 34.1 Å². The van der Waals surface area contributed by atoms with Crippen molar-refractivity contribution in [3.05, 3.63) is 45.5 Å². The molecule has 1 amide bonds. The quantitative estimate of drug-likeness (QED) is 0.915. The second-order valence-corrected chi connectivity index (χ2v) is 5.15. The first-order valence-electron chi connectivity index (χ1n) is 4.89. The van der Waals surface area contributed by atoms with Crippen molar-refractivity contribution in [3.8, 4) is 0 Å². The molecule has 0 spiro atoms. The highest BCUT2D eigenvalue weighted by Crippen LogP contribution is 2.24. The van der Waals surface area contributed by atoms with Crippen LogP contribution in [0.5, 0.6) is 0 Å². The molecule has 2 aromatic heterocycles. The van der Waals surface area contributed by atoms with Gasteiger partial charge in [-0.1, -0.05) is 0 Å². The Morgan fingerprint density at radius 3 is 3.00 bits per heavy atom. The molecule has 17 heavy (non-hydrogen) atoms. The molecule has 2 heterocycles. The van der Waals surface area contributed by atoms with Gasteiger partial charge in [-0.25, -0.2) is 0 Å². The first kappa shape index (κ1) is 12.2. The lowest BCUT2D eigenvalue weighted by molar-refractivity contribution is 0.102. The predicted octanol–water partition coefficient (Wildman–Crippen LogP) is 2.62. The fourth-order valence-electron chi connectivity index (χ4n) is 1.29. The molecule has 4 nitrogen and oxygen atoms in total. The first-order valence-corrected chi connectivity index (χ1v) is 6.56. The normalized spacial score (nSPS) is 10.2. The number of thiophene rings is 1. The highest BCUT2D eigenvalue weighted by molar-refractivity contribution is 9.10. The monoisotopic (exact) mass is 311 g/mol. The van der Waals surface area contributed by atoms with Crippen LogP contribution in [0.15, 0.2) is 34.2 Å². The molecule has 0 aliphatic heterocycles. The number of nitrogens with zero attached hydrogens (tertiary/aromatic N) is 1. The Morgan fingerprint density at radius 1 is 1.53 bits per heavy atom. The van der Waals surface area contributed by atoms with E-state index in [4.69, 9.17) is 5.73 Å². The summed E-state index contributed by atoms with van der Waals surface area (Å²) < 4.78 is 0.954. The van der Waals surface area contributed by atoms with Gasteiger partial charge < -0.3 is 11.1 Å². The van der Waals surface area contributed by atoms with Gasteiger partial charge in [0.25, 0.3) is 5.91 Å². The van der Waals surface area contributed by atoms with E-state index in [2.05, 4.69) is 26.2 Å². The lowest BCUT2D eigenvalue weighted by Crippen LogP contribution is -2.12. The molecule has 88 valence electrons. The summed E-state index contributed by atoms with van der Waals surface area (Å²) in [5.74, 6) is -0.156. The Balaban J connectivity index is 2.14. The highest BCUT2D eigenvalue weighted by atomic mass is 79.9. The third-order valence-corrected chi connectivity index (χ3v) is 3.70. The zero-order chi connectivity index (χ0) is 12.3. The van der Waals surface area contributed by atoms with Crippen molar-refractivity contribution in [1.82, 2.24) is 4.98 Å². The third kappa shape index (κ3) is 3.12. The van der Waals surface area contributed by atoms with Gasteiger partial charge in [0.05, 0.1) is 10.7 Å². The van der Waals surface area contributed by atoms with E-state index >= 15 is 0 Å². The summed E-state index contributed by atoms with van der Waals surface area (Å²) in [6, 6.07) is 5.21. The second kappa shape index (κ2) is 5.39. The van der Waals surface area contributed by atoms with Crippen LogP contribution in [0.4, 0.5) is 5.00 Å². The minimum Gasteiger partial charge on any atom is -0.325 e. The average molecular weight is 312 g/mol. The van der Waals surface area contributed by atoms with Gasteiger partial charge in [-0.3, -0.25) is 9.78 Å². The van der Waals surface area contributed by atoms with Crippen LogP contribution in [0.3, 0.4) is 0 Å². The number of aromatic nitrogens is 1. The number of pyridine rings is 1. The molecule has 6 heteroatoms. The molecule has 0 saturated heterocycles. The number of nitrogens with two attached hydrogens (primary N) is 1. The molecule has 3 N–H and O–H groups in total. The van der Waals surface area contributed by atoms with Crippen molar-refractivity contribution in [2.45, 2.75) is 6.54 Å². The summed E-state index contributed by atoms with van der Waals surface area (Å²) in [5.41, 5.74) is 6.74. The second-order valence-electron chi connectivity index (χ2n) is 3.32. The Kier molecular flexibility index (Phi) is 3.88. The zero-order valence-corrected chi connectivity index (χ0v) is 11.2. The highest BCUT2D eigenvalue weighted by Gasteiger charge is 2.08. The predicted molar refractivity (Wildman–Crippen MR) is 72.1 cm³/mol. The summed E-state index contributed by atoms with van der Waals surface area (Å²) in [6.45, 7) is 0.325. The van der Waals surface area contributed by atoms with Crippen molar-refractivity contribution in [2.75, 3.05) is 5.32 Å². The van der Waals surface area contributed by atoms with Crippen LogP contribution in [0.1, 0.15) is 16.1 Å². The van der Waals surface area contributed by atoms with E-state index in [0.717, 1.165) is 9.47 Å². The maximum absolute atomic E-state index is 11.9. The van der Waals surface area contributed by atoms with E-state index in [1.54, 1.807) is 18.3 Å². The lowest BCUT2D eigenvalue weighted by Gasteiger charge is -2.03. The molecule has 0 atom stereocenters. The summed E-state index contributed by atoms with van der Waals surface area (Å²) >= 11 is 4.80. The van der Waals surface area contributed by atoms with Crippen LogP contribution in [0.2, 0.25) is 0 Å². The molecule has 0 bridgehead atoms. The molecule has 0 unspecified atom stereocenters. The Bertz CT molecular complexity index is 541. The first-order chi connectivity index (χ1) is 8.19. The molecule has 0 fully saturated rings. The van der Waals surface area contributed by atoms with Gasteiger partial charge in [0, 0.05) is 28.2 Å². The average Bonchev–Trinajstić information content (AvgIpc) is 2.75. The van der Waals surface area contributed by atoms with Crippen molar-refractivity contribution in [3.63, 3.8) is 0 Å². The summed E-state index contributed by atoms with van der Waals surface area (Å²) in [7, 11) is 0. The number of anilines is 1. The van der Waals surface area contributed by atoms with Crippen LogP contribution in [0.25, 0.3) is 0 Å². The number of carbonyl (C=O) groups is 1. The summed E-state index contributed by atoms with van der Waals surface area (Å²) in [5, 5.41) is 5.52. The van der Waals surface area contributed by atoms with E-state index in [9.17, 15) is 4.79 Å². The van der Waals surface area contributed by atoms with Crippen LogP contribution in [0, 0.1) is 0 Å². The van der Waals surface area contributed by atoms with Gasteiger partial charge >= 0.3 is 0 Å². The minimum absolute atomic E-state index is 0.156. The molecule has 2 aromatic rings. The maximum Gasteiger partial charge on any atom is 0.256 e. The SMILES string of the molecule is NCc1cc(C(=O)Nc2cc(Br)cs2)ccn1. The third-order valence-electron chi connectivity index (χ3n) is 2.09. The Hall–Kier alpha value is -1.24. The fraction of sp³-hybridized carbons (Fsp3) is 0.0909. The number of carbonyl (C=O) groups excluding carboxylic acids is 1. The number of nitrogens with one attached hydrogen (secondary N) is 1. The largest absolute Gasteiger partial charge is 0.325 e. The lowest BCUT2D eigenvalue weighted by atomic mass is 10.2. The number of rotatable bonds is 3. The Morgan fingerprint density at radius 2 is 2.35 bits per heavy atom. The van der Waals surface area contributed by atoms with E-state index in [-0.39, 0.29) is 5.91 Å². The van der Waals surface area contributed by atoms with Crippen LogP contribution < -0.4 is 11.1 Å². The molecule has 2 rings (SSSR count). The number of hydrogen-bond acceptors (Lipinski definition) is 4. The number of halogens is 1. The number of amides is 1. The fourth-order valence-corrected chi connectivity index (χ4v) is 2.61. The summed E-state index contributed by atoms with van der Waals surface area (Å²) in [6.07, 6.45) is 1.58. The summed E-state index contributed by atoms with van der Waals surface area (Å²) in [4.78, 5) is 15.9. The van der Waals surface area contributed by atoms with Gasteiger partial charge in [0.15, 0.2) is 0 Å². The smallest absolute Gasteiger partial charge is 0.256 e. The topological polar surface area (TPSA) is 68.0 Å². The molecule has 0 radical (unpaired) electrons. The molecule has 0 aromatic carbocycles. The zero-order valence-electron chi connectivity index (χ0n) is 8.81. The van der Waals surface area contributed by atoms with E-state index < -0.39 is 0 Å².